The predicted octanol–water partition coefficient (Wildman–Crippen LogP) is 6.29. The lowest BCUT2D eigenvalue weighted by atomic mass is 9.93. The fraction of sp³-hybridized carbons (Fsp3) is 0.240. The van der Waals surface area contributed by atoms with Crippen LogP contribution in [-0.4, -0.2) is 29.3 Å². The maximum Gasteiger partial charge on any atom is 0.416 e. The summed E-state index contributed by atoms with van der Waals surface area (Å²) in [7, 11) is 0. The largest absolute Gasteiger partial charge is 0.416 e. The number of unbranched alkanes of at least 4 members (excludes halogenated alkanes) is 2. The van der Waals surface area contributed by atoms with E-state index in [4.69, 9.17) is 0 Å². The number of anilines is 2. The highest BCUT2D eigenvalue weighted by Gasteiger charge is 2.33. The van der Waals surface area contributed by atoms with Gasteiger partial charge < -0.3 is 10.6 Å². The molecule has 0 atom stereocenters. The highest BCUT2D eigenvalue weighted by molar-refractivity contribution is 6.27. The van der Waals surface area contributed by atoms with E-state index in [2.05, 4.69) is 10.6 Å². The first kappa shape index (κ1) is 23.3. The topological polar surface area (TPSA) is 78.5 Å². The highest BCUT2D eigenvalue weighted by Crippen LogP contribution is 2.35. The molecule has 1 aliphatic heterocycles. The van der Waals surface area contributed by atoms with Crippen LogP contribution in [0.15, 0.2) is 54.6 Å². The number of halogens is 3. The van der Waals surface area contributed by atoms with Gasteiger partial charge in [0.05, 0.1) is 11.3 Å². The Bertz CT molecular complexity index is 1250. The van der Waals surface area contributed by atoms with Crippen LogP contribution in [0.3, 0.4) is 0 Å². The molecule has 0 radical (unpaired) electrons. The van der Waals surface area contributed by atoms with Crippen molar-refractivity contribution >= 4 is 40.0 Å². The Morgan fingerprint density at radius 3 is 2.21 bits per heavy atom. The lowest BCUT2D eigenvalue weighted by Gasteiger charge is -2.27. The van der Waals surface area contributed by atoms with Crippen molar-refractivity contribution in [3.8, 4) is 0 Å². The van der Waals surface area contributed by atoms with Gasteiger partial charge >= 0.3 is 12.2 Å². The maximum atomic E-state index is 13.0. The molecule has 3 aromatic rings. The maximum absolute atomic E-state index is 13.0. The Labute approximate surface area is 193 Å². The summed E-state index contributed by atoms with van der Waals surface area (Å²) in [5.74, 6) is -0.740. The van der Waals surface area contributed by atoms with Crippen molar-refractivity contribution in [2.75, 3.05) is 17.2 Å². The molecule has 6 nitrogen and oxygen atoms in total. The molecule has 3 aromatic carbocycles. The van der Waals surface area contributed by atoms with Crippen LogP contribution in [0.5, 0.6) is 0 Å². The molecule has 0 bridgehead atoms. The predicted molar refractivity (Wildman–Crippen MR) is 123 cm³/mol. The number of hydrogen-bond acceptors (Lipinski definition) is 3. The minimum Gasteiger partial charge on any atom is -0.308 e. The molecule has 34 heavy (non-hydrogen) atoms. The SMILES string of the molecule is CCCCCN1C(=O)c2cccc3c(NC(=O)Nc4ccc(C(F)(F)F)cc4)ccc(c23)C1=O. The van der Waals surface area contributed by atoms with Crippen molar-refractivity contribution in [1.82, 2.24) is 4.90 Å². The van der Waals surface area contributed by atoms with E-state index in [0.29, 0.717) is 34.1 Å². The van der Waals surface area contributed by atoms with Gasteiger partial charge in [-0.3, -0.25) is 14.5 Å². The van der Waals surface area contributed by atoms with Gasteiger partial charge in [-0.05, 0) is 48.9 Å². The highest BCUT2D eigenvalue weighted by atomic mass is 19.4. The smallest absolute Gasteiger partial charge is 0.308 e. The Morgan fingerprint density at radius 1 is 0.882 bits per heavy atom. The van der Waals surface area contributed by atoms with E-state index in [1.54, 1.807) is 30.3 Å². The van der Waals surface area contributed by atoms with Crippen molar-refractivity contribution in [2.45, 2.75) is 32.4 Å². The van der Waals surface area contributed by atoms with Gasteiger partial charge in [0.25, 0.3) is 11.8 Å². The van der Waals surface area contributed by atoms with E-state index >= 15 is 0 Å². The molecule has 4 amide bonds. The lowest BCUT2D eigenvalue weighted by molar-refractivity contribution is -0.137. The third-order valence-electron chi connectivity index (χ3n) is 5.70. The van der Waals surface area contributed by atoms with Gasteiger partial charge in [0.15, 0.2) is 0 Å². The number of nitrogens with one attached hydrogen (secondary N) is 2. The summed E-state index contributed by atoms with van der Waals surface area (Å²) in [6, 6.07) is 11.6. The van der Waals surface area contributed by atoms with Gasteiger partial charge in [-0.25, -0.2) is 4.79 Å². The molecule has 1 heterocycles. The van der Waals surface area contributed by atoms with Gasteiger partial charge in [-0.2, -0.15) is 13.2 Å². The summed E-state index contributed by atoms with van der Waals surface area (Å²) < 4.78 is 38.2. The van der Waals surface area contributed by atoms with Crippen molar-refractivity contribution in [3.05, 3.63) is 71.3 Å². The van der Waals surface area contributed by atoms with Gasteiger partial charge in [0.1, 0.15) is 0 Å². The van der Waals surface area contributed by atoms with Gasteiger partial charge in [-0.1, -0.05) is 31.9 Å². The second kappa shape index (κ2) is 9.17. The van der Waals surface area contributed by atoms with Crippen LogP contribution < -0.4 is 10.6 Å². The van der Waals surface area contributed by atoms with E-state index in [9.17, 15) is 27.6 Å². The Kier molecular flexibility index (Phi) is 6.28. The molecule has 0 aromatic heterocycles. The summed E-state index contributed by atoms with van der Waals surface area (Å²) >= 11 is 0. The first-order valence-corrected chi connectivity index (χ1v) is 10.9. The average molecular weight is 469 g/mol. The number of alkyl halides is 3. The third kappa shape index (κ3) is 4.46. The van der Waals surface area contributed by atoms with Crippen LogP contribution in [0.25, 0.3) is 10.8 Å². The first-order chi connectivity index (χ1) is 16.2. The average Bonchev–Trinajstić information content (AvgIpc) is 2.80. The monoisotopic (exact) mass is 469 g/mol. The second-order valence-corrected chi connectivity index (χ2v) is 8.01. The molecular weight excluding hydrogens is 447 g/mol. The lowest BCUT2D eigenvalue weighted by Crippen LogP contribution is -2.40. The van der Waals surface area contributed by atoms with Crippen molar-refractivity contribution in [2.24, 2.45) is 0 Å². The first-order valence-electron chi connectivity index (χ1n) is 10.9. The molecule has 176 valence electrons. The van der Waals surface area contributed by atoms with Crippen molar-refractivity contribution < 1.29 is 27.6 Å². The zero-order valence-corrected chi connectivity index (χ0v) is 18.3. The molecule has 0 aliphatic carbocycles. The van der Waals surface area contributed by atoms with Crippen LogP contribution in [0, 0.1) is 0 Å². The van der Waals surface area contributed by atoms with Gasteiger partial charge in [0, 0.05) is 34.1 Å². The molecule has 0 saturated carbocycles. The number of nitrogens with zero attached hydrogens (tertiary/aromatic N) is 1. The summed E-state index contributed by atoms with van der Waals surface area (Å²) in [6.07, 6.45) is -1.87. The molecule has 0 spiro atoms. The van der Waals surface area contributed by atoms with Crippen molar-refractivity contribution in [3.63, 3.8) is 0 Å². The molecule has 4 rings (SSSR count). The molecule has 0 fully saturated rings. The second-order valence-electron chi connectivity index (χ2n) is 8.01. The minimum atomic E-state index is -4.47. The van der Waals surface area contributed by atoms with Crippen LogP contribution >= 0.6 is 0 Å². The number of amides is 4. The summed E-state index contributed by atoms with van der Waals surface area (Å²) in [5, 5.41) is 6.13. The summed E-state index contributed by atoms with van der Waals surface area (Å²) in [4.78, 5) is 39.8. The Balaban J connectivity index is 1.58. The molecular formula is C25H22F3N3O3. The van der Waals surface area contributed by atoms with Gasteiger partial charge in [-0.15, -0.1) is 0 Å². The van der Waals surface area contributed by atoms with Crippen LogP contribution in [0.4, 0.5) is 29.3 Å². The standard InChI is InChI=1S/C25H22F3N3O3/c1-2-3-4-14-31-22(32)18-7-5-6-17-20(13-12-19(21(17)18)23(31)33)30-24(34)29-16-10-8-15(9-11-16)25(26,27)28/h5-13H,2-4,14H2,1H3,(H2,29,30,34). The third-order valence-corrected chi connectivity index (χ3v) is 5.70. The normalized spacial score (nSPS) is 13.4. The molecule has 0 saturated heterocycles. The van der Waals surface area contributed by atoms with Crippen LogP contribution in [-0.2, 0) is 6.18 Å². The van der Waals surface area contributed by atoms with E-state index in [1.807, 2.05) is 6.92 Å². The Morgan fingerprint density at radius 2 is 1.56 bits per heavy atom. The fourth-order valence-corrected chi connectivity index (χ4v) is 4.01. The zero-order chi connectivity index (χ0) is 24.5. The van der Waals surface area contributed by atoms with Crippen LogP contribution in [0.2, 0.25) is 0 Å². The zero-order valence-electron chi connectivity index (χ0n) is 18.3. The molecule has 2 N–H and O–H groups in total. The number of benzene rings is 3. The number of hydrogen-bond donors (Lipinski definition) is 2. The number of carbonyl (C=O) groups is 3. The number of imide groups is 1. The van der Waals surface area contributed by atoms with Gasteiger partial charge in [0.2, 0.25) is 0 Å². The number of rotatable bonds is 6. The molecule has 1 aliphatic rings. The summed E-state index contributed by atoms with van der Waals surface area (Å²) in [6.45, 7) is 2.38. The number of urea groups is 1. The van der Waals surface area contributed by atoms with Crippen LogP contribution in [0.1, 0.15) is 52.5 Å². The van der Waals surface area contributed by atoms with E-state index < -0.39 is 17.8 Å². The van der Waals surface area contributed by atoms with E-state index in [-0.39, 0.29) is 17.5 Å². The quantitative estimate of drug-likeness (QED) is 0.329. The number of carbonyl (C=O) groups excluding carboxylic acids is 3. The minimum absolute atomic E-state index is 0.182. The Hall–Kier alpha value is -3.88. The summed E-state index contributed by atoms with van der Waals surface area (Å²) in [5.41, 5.74) is 0.497. The fourth-order valence-electron chi connectivity index (χ4n) is 4.01. The van der Waals surface area contributed by atoms with Crippen molar-refractivity contribution in [1.29, 1.82) is 0 Å². The molecule has 9 heteroatoms. The van der Waals surface area contributed by atoms with E-state index in [1.165, 1.54) is 4.90 Å². The van der Waals surface area contributed by atoms with E-state index in [0.717, 1.165) is 43.5 Å². The molecule has 0 unspecified atom stereocenters.